The van der Waals surface area contributed by atoms with Crippen molar-refractivity contribution in [2.45, 2.75) is 27.3 Å². The van der Waals surface area contributed by atoms with Gasteiger partial charge in [-0.3, -0.25) is 9.69 Å². The number of amides is 1. The fourth-order valence-electron chi connectivity index (χ4n) is 2.97. The maximum Gasteiger partial charge on any atom is 0.261 e. The third-order valence-corrected chi connectivity index (χ3v) is 4.56. The zero-order chi connectivity index (χ0) is 19.4. The Morgan fingerprint density at radius 1 is 1.26 bits per heavy atom. The van der Waals surface area contributed by atoms with Crippen LogP contribution in [0.1, 0.15) is 35.3 Å². The van der Waals surface area contributed by atoms with E-state index in [1.54, 1.807) is 24.0 Å². The molecule has 1 aromatic carbocycles. The number of aryl methyl sites for hydroxylation is 1. The van der Waals surface area contributed by atoms with Crippen molar-refractivity contribution in [3.63, 3.8) is 0 Å². The van der Waals surface area contributed by atoms with Crippen molar-refractivity contribution < 1.29 is 9.53 Å². The van der Waals surface area contributed by atoms with Crippen LogP contribution < -0.4 is 10.1 Å². The van der Waals surface area contributed by atoms with Gasteiger partial charge in [-0.05, 0) is 37.7 Å². The van der Waals surface area contributed by atoms with Gasteiger partial charge in [0.2, 0.25) is 0 Å². The van der Waals surface area contributed by atoms with Gasteiger partial charge in [-0.15, -0.1) is 0 Å². The van der Waals surface area contributed by atoms with Crippen LogP contribution in [-0.2, 0) is 6.54 Å². The van der Waals surface area contributed by atoms with Crippen LogP contribution in [0.2, 0.25) is 0 Å². The lowest BCUT2D eigenvalue weighted by Crippen LogP contribution is -2.22. The number of carbonyl (C=O) groups is 1. The molecule has 0 aliphatic heterocycles. The van der Waals surface area contributed by atoms with Gasteiger partial charge in [0.1, 0.15) is 11.3 Å². The van der Waals surface area contributed by atoms with Crippen molar-refractivity contribution in [1.82, 2.24) is 19.5 Å². The number of benzene rings is 1. The zero-order valence-electron chi connectivity index (χ0n) is 16.2. The second kappa shape index (κ2) is 8.18. The molecular weight excluding hydrogens is 342 g/mol. The van der Waals surface area contributed by atoms with Gasteiger partial charge in [0, 0.05) is 24.5 Å². The molecular formula is C20H25N5O2. The highest BCUT2D eigenvalue weighted by molar-refractivity contribution is 6.08. The molecule has 142 valence electrons. The van der Waals surface area contributed by atoms with Crippen LogP contribution in [0.4, 0.5) is 5.69 Å². The Balaban J connectivity index is 1.85. The number of nitrogens with zero attached hydrogens (tertiary/aromatic N) is 4. The van der Waals surface area contributed by atoms with Crippen LogP contribution in [0.25, 0.3) is 5.65 Å². The molecule has 0 aliphatic carbocycles. The summed E-state index contributed by atoms with van der Waals surface area (Å²) in [5, 5.41) is 7.20. The number of fused-ring (bicyclic) bond motifs is 1. The first-order valence-corrected chi connectivity index (χ1v) is 9.06. The molecule has 0 bridgehead atoms. The molecule has 2 heterocycles. The lowest BCUT2D eigenvalue weighted by atomic mass is 10.2. The van der Waals surface area contributed by atoms with Crippen molar-refractivity contribution in [2.75, 3.05) is 25.5 Å². The Kier molecular flexibility index (Phi) is 5.71. The summed E-state index contributed by atoms with van der Waals surface area (Å²) in [5.74, 6) is 0.345. The predicted octanol–water partition coefficient (Wildman–Crippen LogP) is 3.14. The quantitative estimate of drug-likeness (QED) is 0.695. The minimum atomic E-state index is -0.266. The normalized spacial score (nSPS) is 11.1. The van der Waals surface area contributed by atoms with E-state index >= 15 is 0 Å². The summed E-state index contributed by atoms with van der Waals surface area (Å²) in [6.45, 7) is 8.97. The van der Waals surface area contributed by atoms with Gasteiger partial charge < -0.3 is 10.1 Å². The molecule has 0 spiro atoms. The number of aromatic nitrogens is 3. The standard InChI is InChI=1S/C20H25N5O2/c1-5-24(6-2)12-15-10-21-19-16(11-22-25(19)13-15)20(26)23-17-9-14(3)7-8-18(17)27-4/h7-11,13H,5-6,12H2,1-4H3,(H,23,26). The van der Waals surface area contributed by atoms with Gasteiger partial charge in [-0.1, -0.05) is 19.9 Å². The van der Waals surface area contributed by atoms with E-state index in [4.69, 9.17) is 4.74 Å². The lowest BCUT2D eigenvalue weighted by molar-refractivity contribution is 0.102. The van der Waals surface area contributed by atoms with E-state index in [1.807, 2.05) is 31.3 Å². The highest BCUT2D eigenvalue weighted by Gasteiger charge is 2.16. The number of nitrogens with one attached hydrogen (secondary N) is 1. The number of methoxy groups -OCH3 is 1. The second-order valence-corrected chi connectivity index (χ2v) is 6.41. The van der Waals surface area contributed by atoms with Crippen molar-refractivity contribution in [3.8, 4) is 5.75 Å². The molecule has 3 aromatic rings. The highest BCUT2D eigenvalue weighted by Crippen LogP contribution is 2.26. The molecule has 0 saturated heterocycles. The van der Waals surface area contributed by atoms with E-state index in [9.17, 15) is 4.79 Å². The molecule has 2 aromatic heterocycles. The summed E-state index contributed by atoms with van der Waals surface area (Å²) in [6, 6.07) is 5.64. The largest absolute Gasteiger partial charge is 0.495 e. The summed E-state index contributed by atoms with van der Waals surface area (Å²) >= 11 is 0. The fraction of sp³-hybridized carbons (Fsp3) is 0.350. The van der Waals surface area contributed by atoms with Gasteiger partial charge in [0.05, 0.1) is 19.0 Å². The Morgan fingerprint density at radius 2 is 2.04 bits per heavy atom. The molecule has 0 unspecified atom stereocenters. The first kappa shape index (κ1) is 18.8. The van der Waals surface area contributed by atoms with Gasteiger partial charge in [-0.2, -0.15) is 5.10 Å². The van der Waals surface area contributed by atoms with Crippen LogP contribution in [0.15, 0.2) is 36.8 Å². The van der Waals surface area contributed by atoms with E-state index in [0.29, 0.717) is 22.6 Å². The predicted molar refractivity (Wildman–Crippen MR) is 105 cm³/mol. The van der Waals surface area contributed by atoms with Crippen molar-refractivity contribution in [3.05, 3.63) is 53.5 Å². The van der Waals surface area contributed by atoms with E-state index in [0.717, 1.165) is 30.8 Å². The average Bonchev–Trinajstić information content (AvgIpc) is 3.09. The van der Waals surface area contributed by atoms with Crippen molar-refractivity contribution >= 4 is 17.2 Å². The summed E-state index contributed by atoms with van der Waals surface area (Å²) in [4.78, 5) is 19.5. The van der Waals surface area contributed by atoms with Crippen molar-refractivity contribution in [2.24, 2.45) is 0 Å². The highest BCUT2D eigenvalue weighted by atomic mass is 16.5. The topological polar surface area (TPSA) is 71.8 Å². The molecule has 1 amide bonds. The van der Waals surface area contributed by atoms with E-state index in [-0.39, 0.29) is 5.91 Å². The summed E-state index contributed by atoms with van der Waals surface area (Å²) in [5.41, 5.74) is 3.67. The molecule has 0 saturated carbocycles. The van der Waals surface area contributed by atoms with E-state index in [1.165, 1.54) is 0 Å². The molecule has 3 rings (SSSR count). The fourth-order valence-corrected chi connectivity index (χ4v) is 2.97. The molecule has 7 heteroatoms. The van der Waals surface area contributed by atoms with Crippen LogP contribution in [0.3, 0.4) is 0 Å². The smallest absolute Gasteiger partial charge is 0.261 e. The van der Waals surface area contributed by atoms with E-state index < -0.39 is 0 Å². The third-order valence-electron chi connectivity index (χ3n) is 4.56. The molecule has 0 atom stereocenters. The first-order chi connectivity index (χ1) is 13.0. The number of anilines is 1. The average molecular weight is 367 g/mol. The number of hydrogen-bond acceptors (Lipinski definition) is 5. The third kappa shape index (κ3) is 4.09. The molecule has 0 radical (unpaired) electrons. The molecule has 0 fully saturated rings. The number of carbonyl (C=O) groups excluding carboxylic acids is 1. The SMILES string of the molecule is CCN(CC)Cc1cnc2c(C(=O)Nc3cc(C)ccc3OC)cnn2c1. The lowest BCUT2D eigenvalue weighted by Gasteiger charge is -2.17. The maximum absolute atomic E-state index is 12.8. The van der Waals surface area contributed by atoms with Gasteiger partial charge in [-0.25, -0.2) is 9.50 Å². The summed E-state index contributed by atoms with van der Waals surface area (Å²) in [6.07, 6.45) is 5.27. The van der Waals surface area contributed by atoms with Crippen LogP contribution in [0, 0.1) is 6.92 Å². The Hall–Kier alpha value is -2.93. The molecule has 27 heavy (non-hydrogen) atoms. The second-order valence-electron chi connectivity index (χ2n) is 6.41. The monoisotopic (exact) mass is 367 g/mol. The number of ether oxygens (including phenoxy) is 1. The minimum Gasteiger partial charge on any atom is -0.495 e. The summed E-state index contributed by atoms with van der Waals surface area (Å²) in [7, 11) is 1.58. The van der Waals surface area contributed by atoms with Crippen LogP contribution in [-0.4, -0.2) is 45.6 Å². The van der Waals surface area contributed by atoms with Crippen LogP contribution in [0.5, 0.6) is 5.75 Å². The van der Waals surface area contributed by atoms with Crippen LogP contribution >= 0.6 is 0 Å². The Labute approximate surface area is 159 Å². The Morgan fingerprint density at radius 3 is 2.74 bits per heavy atom. The molecule has 7 nitrogen and oxygen atoms in total. The van der Waals surface area contributed by atoms with Gasteiger partial charge >= 0.3 is 0 Å². The molecule has 0 aliphatic rings. The number of rotatable bonds is 7. The summed E-state index contributed by atoms with van der Waals surface area (Å²) < 4.78 is 6.98. The van der Waals surface area contributed by atoms with Gasteiger partial charge in [0.15, 0.2) is 5.65 Å². The maximum atomic E-state index is 12.8. The first-order valence-electron chi connectivity index (χ1n) is 9.06. The van der Waals surface area contributed by atoms with Crippen molar-refractivity contribution in [1.29, 1.82) is 0 Å². The zero-order valence-corrected chi connectivity index (χ0v) is 16.2. The minimum absolute atomic E-state index is 0.266. The number of hydrogen-bond donors (Lipinski definition) is 1. The Bertz CT molecular complexity index is 947. The van der Waals surface area contributed by atoms with Gasteiger partial charge in [0.25, 0.3) is 5.91 Å². The van der Waals surface area contributed by atoms with E-state index in [2.05, 4.69) is 34.1 Å². The molecule has 1 N–H and O–H groups in total.